The van der Waals surface area contributed by atoms with Gasteiger partial charge in [-0.2, -0.15) is 9.97 Å². The third kappa shape index (κ3) is 4.79. The van der Waals surface area contributed by atoms with E-state index in [1.54, 1.807) is 7.05 Å². The number of fused-ring (bicyclic) bond motifs is 1. The van der Waals surface area contributed by atoms with E-state index in [1.807, 2.05) is 59.4 Å². The minimum Gasteiger partial charge on any atom is -0.491 e. The van der Waals surface area contributed by atoms with Crippen molar-refractivity contribution in [3.05, 3.63) is 60.4 Å². The second-order valence-corrected chi connectivity index (χ2v) is 8.01. The first-order valence-electron chi connectivity index (χ1n) is 10.5. The predicted molar refractivity (Wildman–Crippen MR) is 121 cm³/mol. The summed E-state index contributed by atoms with van der Waals surface area (Å²) in [6.45, 7) is 4.63. The SMILES string of the molecule is CNc1nc(N[C@H](CC(C)C)C(=O)NC2COc3ccccc32)cc(-n2cccc2)n1. The van der Waals surface area contributed by atoms with Crippen LogP contribution >= 0.6 is 0 Å². The van der Waals surface area contributed by atoms with Gasteiger partial charge >= 0.3 is 0 Å². The number of nitrogens with zero attached hydrogens (tertiary/aromatic N) is 3. The molecule has 4 rings (SSSR count). The van der Waals surface area contributed by atoms with E-state index in [-0.39, 0.29) is 11.9 Å². The van der Waals surface area contributed by atoms with Gasteiger partial charge in [-0.1, -0.05) is 32.0 Å². The van der Waals surface area contributed by atoms with Crippen LogP contribution in [0.15, 0.2) is 54.9 Å². The van der Waals surface area contributed by atoms with Gasteiger partial charge in [0.15, 0.2) is 0 Å². The summed E-state index contributed by atoms with van der Waals surface area (Å²) in [6.07, 6.45) is 4.50. The highest BCUT2D eigenvalue weighted by Crippen LogP contribution is 2.31. The lowest BCUT2D eigenvalue weighted by Gasteiger charge is -2.23. The lowest BCUT2D eigenvalue weighted by molar-refractivity contribution is -0.123. The molecule has 1 aliphatic heterocycles. The Labute approximate surface area is 182 Å². The second kappa shape index (κ2) is 9.07. The molecular weight excluding hydrogens is 392 g/mol. The number of hydrogen-bond acceptors (Lipinski definition) is 6. The van der Waals surface area contributed by atoms with E-state index < -0.39 is 6.04 Å². The highest BCUT2D eigenvalue weighted by atomic mass is 16.5. The Morgan fingerprint density at radius 1 is 1.19 bits per heavy atom. The average Bonchev–Trinajstić information content (AvgIpc) is 3.43. The van der Waals surface area contributed by atoms with Gasteiger partial charge in [0.25, 0.3) is 0 Å². The van der Waals surface area contributed by atoms with Crippen LogP contribution < -0.4 is 20.7 Å². The Kier molecular flexibility index (Phi) is 6.06. The third-order valence-electron chi connectivity index (χ3n) is 5.17. The summed E-state index contributed by atoms with van der Waals surface area (Å²) in [5.41, 5.74) is 1.01. The van der Waals surface area contributed by atoms with Gasteiger partial charge in [0, 0.05) is 31.1 Å². The first kappa shape index (κ1) is 20.7. The number of ether oxygens (including phenoxy) is 1. The Hall–Kier alpha value is -3.55. The van der Waals surface area contributed by atoms with Crippen molar-refractivity contribution in [2.45, 2.75) is 32.4 Å². The van der Waals surface area contributed by atoms with Crippen molar-refractivity contribution in [1.29, 1.82) is 0 Å². The molecule has 1 aliphatic rings. The fourth-order valence-electron chi connectivity index (χ4n) is 3.68. The van der Waals surface area contributed by atoms with Crippen molar-refractivity contribution in [2.24, 2.45) is 5.92 Å². The first-order chi connectivity index (χ1) is 15.0. The van der Waals surface area contributed by atoms with E-state index in [1.165, 1.54) is 0 Å². The molecule has 2 aromatic heterocycles. The van der Waals surface area contributed by atoms with Crippen molar-refractivity contribution >= 4 is 17.7 Å². The molecule has 3 heterocycles. The molecule has 8 heteroatoms. The Morgan fingerprint density at radius 2 is 1.97 bits per heavy atom. The minimum absolute atomic E-state index is 0.0777. The molecule has 0 radical (unpaired) electrons. The van der Waals surface area contributed by atoms with Crippen molar-refractivity contribution in [3.63, 3.8) is 0 Å². The molecule has 1 unspecified atom stereocenters. The molecule has 0 saturated heterocycles. The number of hydrogen-bond donors (Lipinski definition) is 3. The molecule has 0 fully saturated rings. The van der Waals surface area contributed by atoms with Gasteiger partial charge in [-0.15, -0.1) is 0 Å². The molecular formula is C23H28N6O2. The number of anilines is 2. The van der Waals surface area contributed by atoms with Crippen molar-refractivity contribution < 1.29 is 9.53 Å². The maximum absolute atomic E-state index is 13.2. The molecule has 31 heavy (non-hydrogen) atoms. The summed E-state index contributed by atoms with van der Waals surface area (Å²) in [5.74, 6) is 2.86. The number of rotatable bonds is 8. The first-order valence-corrected chi connectivity index (χ1v) is 10.5. The van der Waals surface area contributed by atoms with E-state index in [4.69, 9.17) is 4.74 Å². The van der Waals surface area contributed by atoms with Crippen LogP contribution in [0.5, 0.6) is 5.75 Å². The summed E-state index contributed by atoms with van der Waals surface area (Å²) < 4.78 is 7.61. The number of para-hydroxylation sites is 1. The van der Waals surface area contributed by atoms with Crippen molar-refractivity contribution in [2.75, 3.05) is 24.3 Å². The number of aromatic nitrogens is 3. The van der Waals surface area contributed by atoms with E-state index in [0.717, 1.165) is 11.3 Å². The molecule has 3 N–H and O–H groups in total. The quantitative estimate of drug-likeness (QED) is 0.517. The standard InChI is InChI=1S/C23H28N6O2/c1-15(2)12-17(22(30)26-18-14-31-19-9-5-4-8-16(18)19)25-20-13-21(28-23(24-3)27-20)29-10-6-7-11-29/h4-11,13,15,17-18H,12,14H2,1-3H3,(H,26,30)(H2,24,25,27,28)/t17-,18?/m1/s1. The molecule has 0 aliphatic carbocycles. The van der Waals surface area contributed by atoms with Crippen LogP contribution in [0.25, 0.3) is 5.82 Å². The molecule has 2 atom stereocenters. The lowest BCUT2D eigenvalue weighted by atomic mass is 10.0. The van der Waals surface area contributed by atoms with Gasteiger partial charge in [-0.05, 0) is 30.5 Å². The largest absolute Gasteiger partial charge is 0.491 e. The van der Waals surface area contributed by atoms with Gasteiger partial charge < -0.3 is 25.3 Å². The molecule has 1 aromatic carbocycles. The monoisotopic (exact) mass is 420 g/mol. The summed E-state index contributed by atoms with van der Waals surface area (Å²) in [5, 5.41) is 9.46. The van der Waals surface area contributed by atoms with Crippen LogP contribution in [-0.4, -0.2) is 40.1 Å². The number of nitrogens with one attached hydrogen (secondary N) is 3. The van der Waals surface area contributed by atoms with E-state index >= 15 is 0 Å². The zero-order valence-corrected chi connectivity index (χ0v) is 18.0. The predicted octanol–water partition coefficient (Wildman–Crippen LogP) is 3.39. The number of carbonyl (C=O) groups is 1. The summed E-state index contributed by atoms with van der Waals surface area (Å²) in [6, 6.07) is 12.9. The van der Waals surface area contributed by atoms with Gasteiger partial charge in [-0.25, -0.2) is 0 Å². The highest BCUT2D eigenvalue weighted by Gasteiger charge is 2.29. The zero-order valence-electron chi connectivity index (χ0n) is 18.0. The van der Waals surface area contributed by atoms with Crippen LogP contribution in [-0.2, 0) is 4.79 Å². The second-order valence-electron chi connectivity index (χ2n) is 8.01. The molecule has 0 spiro atoms. The van der Waals surface area contributed by atoms with Crippen LogP contribution in [0.3, 0.4) is 0 Å². The molecule has 0 bridgehead atoms. The van der Waals surface area contributed by atoms with Crippen molar-refractivity contribution in [1.82, 2.24) is 19.9 Å². The summed E-state index contributed by atoms with van der Waals surface area (Å²) in [4.78, 5) is 22.2. The number of amides is 1. The van der Waals surface area contributed by atoms with Crippen molar-refractivity contribution in [3.8, 4) is 11.6 Å². The van der Waals surface area contributed by atoms with Gasteiger partial charge in [0.1, 0.15) is 30.0 Å². The Balaban J connectivity index is 1.54. The molecule has 3 aromatic rings. The Morgan fingerprint density at radius 3 is 2.71 bits per heavy atom. The van der Waals surface area contributed by atoms with Crippen LogP contribution in [0.2, 0.25) is 0 Å². The van der Waals surface area contributed by atoms with Crippen LogP contribution in [0.4, 0.5) is 11.8 Å². The van der Waals surface area contributed by atoms with Gasteiger partial charge in [0.05, 0.1) is 6.04 Å². The summed E-state index contributed by atoms with van der Waals surface area (Å²) in [7, 11) is 1.77. The van der Waals surface area contributed by atoms with Gasteiger partial charge in [-0.3, -0.25) is 4.79 Å². The maximum Gasteiger partial charge on any atom is 0.243 e. The minimum atomic E-state index is -0.440. The average molecular weight is 421 g/mol. The topological polar surface area (TPSA) is 93.1 Å². The zero-order chi connectivity index (χ0) is 21.8. The third-order valence-corrected chi connectivity index (χ3v) is 5.17. The molecule has 162 valence electrons. The van der Waals surface area contributed by atoms with E-state index in [0.29, 0.717) is 36.5 Å². The lowest BCUT2D eigenvalue weighted by Crippen LogP contribution is -2.42. The smallest absolute Gasteiger partial charge is 0.243 e. The summed E-state index contributed by atoms with van der Waals surface area (Å²) >= 11 is 0. The fourth-order valence-corrected chi connectivity index (χ4v) is 3.68. The maximum atomic E-state index is 13.2. The molecule has 8 nitrogen and oxygen atoms in total. The number of carbonyl (C=O) groups excluding carboxylic acids is 1. The van der Waals surface area contributed by atoms with E-state index in [9.17, 15) is 4.79 Å². The molecule has 1 amide bonds. The van der Waals surface area contributed by atoms with Gasteiger partial charge in [0.2, 0.25) is 11.9 Å². The molecule has 0 saturated carbocycles. The van der Waals surface area contributed by atoms with E-state index in [2.05, 4.69) is 39.8 Å². The Bertz CT molecular complexity index is 1030. The van der Waals surface area contributed by atoms with Crippen LogP contribution in [0.1, 0.15) is 31.9 Å². The normalized spacial score (nSPS) is 15.8. The fraction of sp³-hybridized carbons (Fsp3) is 0.348. The number of benzene rings is 1. The van der Waals surface area contributed by atoms with Crippen LogP contribution in [0, 0.1) is 5.92 Å². The highest BCUT2D eigenvalue weighted by molar-refractivity contribution is 5.85.